The molecule has 0 aliphatic rings. The average molecular weight is 461 g/mol. The van der Waals surface area contributed by atoms with E-state index in [-0.39, 0.29) is 5.82 Å². The Morgan fingerprint density at radius 1 is 1.10 bits per heavy atom. The van der Waals surface area contributed by atoms with Gasteiger partial charge in [0, 0.05) is 28.5 Å². The summed E-state index contributed by atoms with van der Waals surface area (Å²) in [5.41, 5.74) is 0.615. The van der Waals surface area contributed by atoms with Gasteiger partial charge in [-0.2, -0.15) is 0 Å². The van der Waals surface area contributed by atoms with E-state index in [0.717, 1.165) is 16.6 Å². The summed E-state index contributed by atoms with van der Waals surface area (Å²) in [5.74, 6) is -2.33. The van der Waals surface area contributed by atoms with Crippen molar-refractivity contribution in [3.8, 4) is 5.88 Å². The minimum absolute atomic E-state index is 0.146. The van der Waals surface area contributed by atoms with Gasteiger partial charge in [0.1, 0.15) is 23.0 Å². The first-order valence-corrected chi connectivity index (χ1v) is 9.34. The molecule has 0 bridgehead atoms. The Hall–Kier alpha value is -3.20. The van der Waals surface area contributed by atoms with Gasteiger partial charge < -0.3 is 10.2 Å². The summed E-state index contributed by atoms with van der Waals surface area (Å²) in [6.45, 7) is 1.90. The summed E-state index contributed by atoms with van der Waals surface area (Å²) in [6.07, 6.45) is 3.63. The highest BCUT2D eigenvalue weighted by atomic mass is 79.9. The summed E-state index contributed by atoms with van der Waals surface area (Å²) < 4.78 is 28.2. The van der Waals surface area contributed by atoms with Crippen LogP contribution in [0.1, 0.15) is 29.3 Å². The zero-order chi connectivity index (χ0) is 20.8. The molecule has 0 atom stereocenters. The van der Waals surface area contributed by atoms with Crippen LogP contribution in [0.15, 0.2) is 64.5 Å². The molecule has 0 unspecified atom stereocenters. The number of hydrogen-bond acceptors (Lipinski definition) is 5. The minimum Gasteiger partial charge on any atom is -0.336 e. The summed E-state index contributed by atoms with van der Waals surface area (Å²) in [4.78, 5) is 25.6. The van der Waals surface area contributed by atoms with E-state index in [9.17, 15) is 13.6 Å². The van der Waals surface area contributed by atoms with E-state index in [0.29, 0.717) is 23.6 Å². The van der Waals surface area contributed by atoms with Gasteiger partial charge in [0.25, 0.3) is 5.91 Å². The quantitative estimate of drug-likeness (QED) is 0.416. The first-order valence-electron chi connectivity index (χ1n) is 8.55. The molecule has 0 radical (unpaired) electrons. The number of hydrogen-bond donors (Lipinski definition) is 1. The molecule has 0 spiro atoms. The first kappa shape index (κ1) is 20.5. The largest absolute Gasteiger partial charge is 0.336 e. The van der Waals surface area contributed by atoms with Crippen molar-refractivity contribution >= 4 is 33.4 Å². The number of carbonyl (C=O) groups excluding carboxylic acids is 1. The van der Waals surface area contributed by atoms with E-state index in [1.807, 2.05) is 6.92 Å². The molecule has 148 valence electrons. The van der Waals surface area contributed by atoms with Crippen molar-refractivity contribution in [2.24, 2.45) is 5.16 Å². The molecule has 1 N–H and O–H groups in total. The molecule has 0 aliphatic carbocycles. The van der Waals surface area contributed by atoms with Crippen LogP contribution in [0, 0.1) is 11.6 Å². The SMILES string of the molecule is CCC(=NOc1ccc(Br)cn1)c1ccc(NC(=O)c2c(F)cccc2F)nc1. The van der Waals surface area contributed by atoms with Gasteiger partial charge >= 0.3 is 0 Å². The number of nitrogens with zero attached hydrogens (tertiary/aromatic N) is 3. The van der Waals surface area contributed by atoms with Gasteiger partial charge in [0.2, 0.25) is 5.88 Å². The third-order valence-corrected chi connectivity index (χ3v) is 4.28. The number of anilines is 1. The Morgan fingerprint density at radius 2 is 1.86 bits per heavy atom. The van der Waals surface area contributed by atoms with Crippen molar-refractivity contribution in [3.63, 3.8) is 0 Å². The Morgan fingerprint density at radius 3 is 2.45 bits per heavy atom. The highest BCUT2D eigenvalue weighted by molar-refractivity contribution is 9.10. The van der Waals surface area contributed by atoms with Crippen molar-refractivity contribution in [3.05, 3.63) is 82.1 Å². The zero-order valence-electron chi connectivity index (χ0n) is 15.2. The van der Waals surface area contributed by atoms with E-state index < -0.39 is 23.1 Å². The lowest BCUT2D eigenvalue weighted by atomic mass is 10.1. The minimum atomic E-state index is -0.946. The molecular weight excluding hydrogens is 446 g/mol. The Labute approximate surface area is 173 Å². The zero-order valence-corrected chi connectivity index (χ0v) is 16.8. The smallest absolute Gasteiger partial charge is 0.262 e. The molecular formula is C20H15BrF2N4O2. The Bertz CT molecular complexity index is 1020. The van der Waals surface area contributed by atoms with Crippen LogP contribution in [0.4, 0.5) is 14.6 Å². The molecule has 0 fully saturated rings. The van der Waals surface area contributed by atoms with Crippen LogP contribution in [-0.4, -0.2) is 21.6 Å². The normalized spacial score (nSPS) is 11.2. The van der Waals surface area contributed by atoms with E-state index in [1.165, 1.54) is 18.3 Å². The third kappa shape index (κ3) is 5.20. The van der Waals surface area contributed by atoms with Crippen LogP contribution in [-0.2, 0) is 0 Å². The molecule has 3 rings (SSSR count). The highest BCUT2D eigenvalue weighted by Gasteiger charge is 2.17. The van der Waals surface area contributed by atoms with Crippen molar-refractivity contribution in [2.75, 3.05) is 5.32 Å². The molecule has 1 amide bonds. The van der Waals surface area contributed by atoms with Gasteiger partial charge in [-0.25, -0.2) is 18.7 Å². The molecule has 0 aliphatic heterocycles. The Kier molecular flexibility index (Phi) is 6.61. The fourth-order valence-corrected chi connectivity index (χ4v) is 2.61. The predicted molar refractivity (Wildman–Crippen MR) is 108 cm³/mol. The van der Waals surface area contributed by atoms with E-state index in [4.69, 9.17) is 4.84 Å². The fraction of sp³-hybridized carbons (Fsp3) is 0.100. The van der Waals surface area contributed by atoms with E-state index >= 15 is 0 Å². The monoisotopic (exact) mass is 460 g/mol. The second kappa shape index (κ2) is 9.33. The second-order valence-corrected chi connectivity index (χ2v) is 6.70. The molecule has 0 saturated heterocycles. The van der Waals surface area contributed by atoms with Gasteiger partial charge in [-0.3, -0.25) is 4.79 Å². The Balaban J connectivity index is 1.72. The van der Waals surface area contributed by atoms with Crippen LogP contribution in [0.2, 0.25) is 0 Å². The highest BCUT2D eigenvalue weighted by Crippen LogP contribution is 2.16. The predicted octanol–water partition coefficient (Wildman–Crippen LogP) is 4.96. The summed E-state index contributed by atoms with van der Waals surface area (Å²) in [6, 6.07) is 9.83. The van der Waals surface area contributed by atoms with Gasteiger partial charge in [-0.05, 0) is 52.7 Å². The topological polar surface area (TPSA) is 76.5 Å². The van der Waals surface area contributed by atoms with Crippen LogP contribution >= 0.6 is 15.9 Å². The van der Waals surface area contributed by atoms with Crippen molar-refractivity contribution in [1.82, 2.24) is 9.97 Å². The number of aromatic nitrogens is 2. The number of carbonyl (C=O) groups is 1. The number of nitrogens with one attached hydrogen (secondary N) is 1. The number of rotatable bonds is 6. The third-order valence-electron chi connectivity index (χ3n) is 3.81. The number of benzene rings is 1. The number of pyridine rings is 2. The fourth-order valence-electron chi connectivity index (χ4n) is 2.37. The molecule has 3 aromatic rings. The number of oxime groups is 1. The summed E-state index contributed by atoms with van der Waals surface area (Å²) in [5, 5.41) is 6.46. The maximum absolute atomic E-state index is 13.7. The summed E-state index contributed by atoms with van der Waals surface area (Å²) >= 11 is 3.29. The van der Waals surface area contributed by atoms with Crippen LogP contribution in [0.3, 0.4) is 0 Å². The first-order chi connectivity index (χ1) is 14.0. The van der Waals surface area contributed by atoms with Crippen LogP contribution in [0.25, 0.3) is 0 Å². The van der Waals surface area contributed by atoms with Gasteiger partial charge in [-0.1, -0.05) is 18.1 Å². The van der Waals surface area contributed by atoms with Crippen LogP contribution in [0.5, 0.6) is 5.88 Å². The molecule has 1 aromatic carbocycles. The van der Waals surface area contributed by atoms with Gasteiger partial charge in [0.05, 0.1) is 5.71 Å². The molecule has 29 heavy (non-hydrogen) atoms. The van der Waals surface area contributed by atoms with E-state index in [2.05, 4.69) is 36.4 Å². The summed E-state index contributed by atoms with van der Waals surface area (Å²) in [7, 11) is 0. The van der Waals surface area contributed by atoms with Crippen molar-refractivity contribution in [2.45, 2.75) is 13.3 Å². The lowest BCUT2D eigenvalue weighted by Crippen LogP contribution is -2.16. The van der Waals surface area contributed by atoms with Gasteiger partial charge in [-0.15, -0.1) is 0 Å². The molecule has 0 saturated carbocycles. The lowest BCUT2D eigenvalue weighted by molar-refractivity contribution is 0.101. The van der Waals surface area contributed by atoms with Crippen molar-refractivity contribution in [1.29, 1.82) is 0 Å². The van der Waals surface area contributed by atoms with Crippen LogP contribution < -0.4 is 10.2 Å². The standard InChI is InChI=1S/C20H15BrF2N4O2/c1-2-16(27-29-18-9-7-13(21)11-25-18)12-6-8-17(24-10-12)26-20(28)19-14(22)4-3-5-15(19)23/h3-11H,2H2,1H3,(H,24,26,28). The van der Waals surface area contributed by atoms with Gasteiger partial charge in [0.15, 0.2) is 0 Å². The van der Waals surface area contributed by atoms with E-state index in [1.54, 1.807) is 24.4 Å². The van der Waals surface area contributed by atoms with Crippen molar-refractivity contribution < 1.29 is 18.4 Å². The maximum Gasteiger partial charge on any atom is 0.262 e. The molecule has 9 heteroatoms. The maximum atomic E-state index is 13.7. The number of halogens is 3. The second-order valence-electron chi connectivity index (χ2n) is 5.78. The lowest BCUT2D eigenvalue weighted by Gasteiger charge is -2.08. The molecule has 2 aromatic heterocycles. The number of amides is 1. The average Bonchev–Trinajstić information content (AvgIpc) is 2.71. The molecule has 6 nitrogen and oxygen atoms in total. The molecule has 2 heterocycles.